The summed E-state index contributed by atoms with van der Waals surface area (Å²) in [5, 5.41) is -0.0203. The summed E-state index contributed by atoms with van der Waals surface area (Å²) in [7, 11) is 0. The number of thiol groups is 1. The molecule has 0 atom stereocenters. The SMILES string of the molecule is O=C(S)CCCCCc1ccc2c(c1)OCO2. The topological polar surface area (TPSA) is 35.5 Å². The number of rotatable bonds is 6. The van der Waals surface area contributed by atoms with Gasteiger partial charge in [0.2, 0.25) is 6.79 Å². The van der Waals surface area contributed by atoms with Gasteiger partial charge in [0.15, 0.2) is 16.6 Å². The zero-order valence-electron chi connectivity index (χ0n) is 9.65. The molecule has 1 aliphatic rings. The average Bonchev–Trinajstić information content (AvgIpc) is 2.75. The van der Waals surface area contributed by atoms with Gasteiger partial charge in [0.1, 0.15) is 0 Å². The summed E-state index contributed by atoms with van der Waals surface area (Å²) < 4.78 is 10.6. The number of ether oxygens (including phenoxy) is 2. The number of carbonyl (C=O) groups excluding carboxylic acids is 1. The van der Waals surface area contributed by atoms with E-state index in [-0.39, 0.29) is 5.12 Å². The van der Waals surface area contributed by atoms with Gasteiger partial charge in [0.25, 0.3) is 0 Å². The van der Waals surface area contributed by atoms with Crippen LogP contribution in [0.25, 0.3) is 0 Å². The van der Waals surface area contributed by atoms with E-state index in [9.17, 15) is 4.79 Å². The highest BCUT2D eigenvalue weighted by atomic mass is 32.1. The van der Waals surface area contributed by atoms with Crippen molar-refractivity contribution in [3.05, 3.63) is 23.8 Å². The summed E-state index contributed by atoms with van der Waals surface area (Å²) in [5.41, 5.74) is 1.26. The van der Waals surface area contributed by atoms with E-state index in [1.54, 1.807) is 0 Å². The smallest absolute Gasteiger partial charge is 0.231 e. The predicted molar refractivity (Wildman–Crippen MR) is 68.7 cm³/mol. The van der Waals surface area contributed by atoms with Crippen molar-refractivity contribution in [2.24, 2.45) is 0 Å². The van der Waals surface area contributed by atoms with Gasteiger partial charge in [-0.1, -0.05) is 12.5 Å². The van der Waals surface area contributed by atoms with Crippen molar-refractivity contribution in [1.29, 1.82) is 0 Å². The number of unbranched alkanes of at least 4 members (excludes halogenated alkanes) is 2. The standard InChI is InChI=1S/C13H16O3S/c14-13(17)5-3-1-2-4-10-6-7-11-12(8-10)16-9-15-11/h6-8H,1-5,9H2,(H,14,17). The lowest BCUT2D eigenvalue weighted by Crippen LogP contribution is -1.93. The molecule has 1 aromatic rings. The number of hydrogen-bond donors (Lipinski definition) is 1. The fourth-order valence-electron chi connectivity index (χ4n) is 1.88. The van der Waals surface area contributed by atoms with E-state index < -0.39 is 0 Å². The predicted octanol–water partition coefficient (Wildman–Crippen LogP) is 2.97. The number of hydrogen-bond acceptors (Lipinski definition) is 3. The van der Waals surface area contributed by atoms with Crippen molar-refractivity contribution in [2.75, 3.05) is 6.79 Å². The molecule has 1 aliphatic heterocycles. The highest BCUT2D eigenvalue weighted by Gasteiger charge is 2.12. The maximum Gasteiger partial charge on any atom is 0.231 e. The van der Waals surface area contributed by atoms with Gasteiger partial charge in [-0.05, 0) is 37.0 Å². The van der Waals surface area contributed by atoms with E-state index in [4.69, 9.17) is 9.47 Å². The molecule has 0 aromatic heterocycles. The lowest BCUT2D eigenvalue weighted by atomic mass is 10.1. The summed E-state index contributed by atoms with van der Waals surface area (Å²) in [6, 6.07) is 6.05. The van der Waals surface area contributed by atoms with E-state index in [1.165, 1.54) is 5.56 Å². The molecule has 3 nitrogen and oxygen atoms in total. The lowest BCUT2D eigenvalue weighted by molar-refractivity contribution is -0.110. The molecule has 17 heavy (non-hydrogen) atoms. The number of benzene rings is 1. The van der Waals surface area contributed by atoms with Gasteiger partial charge in [-0.3, -0.25) is 4.79 Å². The molecule has 0 amide bonds. The molecule has 4 heteroatoms. The van der Waals surface area contributed by atoms with Crippen molar-refractivity contribution in [3.63, 3.8) is 0 Å². The molecule has 0 N–H and O–H groups in total. The van der Waals surface area contributed by atoms with Crippen LogP contribution in [0.15, 0.2) is 18.2 Å². The van der Waals surface area contributed by atoms with E-state index in [0.717, 1.165) is 37.2 Å². The highest BCUT2D eigenvalue weighted by Crippen LogP contribution is 2.32. The number of carbonyl (C=O) groups is 1. The molecule has 0 aliphatic carbocycles. The van der Waals surface area contributed by atoms with Gasteiger partial charge in [-0.25, -0.2) is 0 Å². The Kier molecular flexibility index (Phi) is 4.31. The molecule has 2 rings (SSSR count). The average molecular weight is 252 g/mol. The molecular formula is C13H16O3S. The van der Waals surface area contributed by atoms with Crippen molar-refractivity contribution in [1.82, 2.24) is 0 Å². The Hall–Kier alpha value is -1.16. The molecule has 0 radical (unpaired) electrons. The Morgan fingerprint density at radius 1 is 1.18 bits per heavy atom. The van der Waals surface area contributed by atoms with Gasteiger partial charge in [0, 0.05) is 6.42 Å². The fraction of sp³-hybridized carbons (Fsp3) is 0.462. The molecule has 0 saturated heterocycles. The first kappa shape index (κ1) is 12.3. The minimum Gasteiger partial charge on any atom is -0.454 e. The Morgan fingerprint density at radius 2 is 2.00 bits per heavy atom. The molecule has 0 unspecified atom stereocenters. The fourth-order valence-corrected chi connectivity index (χ4v) is 2.04. The van der Waals surface area contributed by atoms with Gasteiger partial charge < -0.3 is 9.47 Å². The molecule has 0 spiro atoms. The zero-order valence-corrected chi connectivity index (χ0v) is 10.5. The Bertz CT molecular complexity index is 404. The summed E-state index contributed by atoms with van der Waals surface area (Å²) in [6.45, 7) is 0.322. The molecule has 0 fully saturated rings. The summed E-state index contributed by atoms with van der Waals surface area (Å²) in [4.78, 5) is 10.6. The van der Waals surface area contributed by atoms with Crippen LogP contribution in [0.1, 0.15) is 31.2 Å². The van der Waals surface area contributed by atoms with Gasteiger partial charge in [-0.15, -0.1) is 12.6 Å². The van der Waals surface area contributed by atoms with Gasteiger partial charge in [0.05, 0.1) is 0 Å². The van der Waals surface area contributed by atoms with Crippen LogP contribution < -0.4 is 9.47 Å². The van der Waals surface area contributed by atoms with Crippen molar-refractivity contribution in [3.8, 4) is 11.5 Å². The Balaban J connectivity index is 1.74. The van der Waals surface area contributed by atoms with Crippen LogP contribution in [0.5, 0.6) is 11.5 Å². The molecular weight excluding hydrogens is 236 g/mol. The highest BCUT2D eigenvalue weighted by molar-refractivity contribution is 7.96. The Labute approximate surface area is 107 Å². The summed E-state index contributed by atoms with van der Waals surface area (Å²) in [6.07, 6.45) is 4.65. The summed E-state index contributed by atoms with van der Waals surface area (Å²) >= 11 is 3.75. The van der Waals surface area contributed by atoms with E-state index in [2.05, 4.69) is 18.7 Å². The van der Waals surface area contributed by atoms with Crippen molar-refractivity contribution < 1.29 is 14.3 Å². The third-order valence-electron chi connectivity index (χ3n) is 2.79. The second-order valence-corrected chi connectivity index (χ2v) is 4.64. The van der Waals surface area contributed by atoms with E-state index in [0.29, 0.717) is 13.2 Å². The molecule has 0 saturated carbocycles. The monoisotopic (exact) mass is 252 g/mol. The van der Waals surface area contributed by atoms with Crippen LogP contribution in [0, 0.1) is 0 Å². The molecule has 0 bridgehead atoms. The largest absolute Gasteiger partial charge is 0.454 e. The molecule has 1 aromatic carbocycles. The van der Waals surface area contributed by atoms with Crippen LogP contribution in [0.3, 0.4) is 0 Å². The second kappa shape index (κ2) is 5.96. The van der Waals surface area contributed by atoms with Gasteiger partial charge in [-0.2, -0.15) is 0 Å². The minimum atomic E-state index is -0.0203. The number of fused-ring (bicyclic) bond motifs is 1. The normalized spacial score (nSPS) is 12.8. The minimum absolute atomic E-state index is 0.0203. The quantitative estimate of drug-likeness (QED) is 0.624. The third kappa shape index (κ3) is 3.66. The van der Waals surface area contributed by atoms with E-state index >= 15 is 0 Å². The maximum atomic E-state index is 10.6. The second-order valence-electron chi connectivity index (χ2n) is 4.14. The first-order valence-corrected chi connectivity index (χ1v) is 6.31. The Morgan fingerprint density at radius 3 is 2.82 bits per heavy atom. The van der Waals surface area contributed by atoms with Crippen LogP contribution >= 0.6 is 12.6 Å². The number of aryl methyl sites for hydroxylation is 1. The molecule has 92 valence electrons. The lowest BCUT2D eigenvalue weighted by Gasteiger charge is -2.02. The van der Waals surface area contributed by atoms with Crippen LogP contribution in [0.4, 0.5) is 0 Å². The van der Waals surface area contributed by atoms with Gasteiger partial charge >= 0.3 is 0 Å². The first-order chi connectivity index (χ1) is 8.25. The molecule has 1 heterocycles. The van der Waals surface area contributed by atoms with Crippen LogP contribution in [-0.4, -0.2) is 11.9 Å². The third-order valence-corrected chi connectivity index (χ3v) is 3.02. The van der Waals surface area contributed by atoms with Crippen molar-refractivity contribution in [2.45, 2.75) is 32.1 Å². The van der Waals surface area contributed by atoms with Crippen molar-refractivity contribution >= 4 is 17.7 Å². The summed E-state index contributed by atoms with van der Waals surface area (Å²) in [5.74, 6) is 1.67. The first-order valence-electron chi connectivity index (χ1n) is 5.86. The van der Waals surface area contributed by atoms with Crippen LogP contribution in [0.2, 0.25) is 0 Å². The maximum absolute atomic E-state index is 10.6. The van der Waals surface area contributed by atoms with E-state index in [1.807, 2.05) is 12.1 Å². The van der Waals surface area contributed by atoms with Crippen LogP contribution in [-0.2, 0) is 11.2 Å². The zero-order chi connectivity index (χ0) is 12.1.